The third kappa shape index (κ3) is 5.24. The van der Waals surface area contributed by atoms with E-state index in [0.717, 1.165) is 25.7 Å². The maximum absolute atomic E-state index is 11.6. The van der Waals surface area contributed by atoms with Crippen molar-refractivity contribution >= 4 is 9.84 Å². The Morgan fingerprint density at radius 1 is 1.17 bits per heavy atom. The van der Waals surface area contributed by atoms with Crippen LogP contribution in [0.1, 0.15) is 52.4 Å². The van der Waals surface area contributed by atoms with Crippen molar-refractivity contribution in [2.45, 2.75) is 63.2 Å². The summed E-state index contributed by atoms with van der Waals surface area (Å²) in [5, 5.41) is 13.2. The molecule has 1 fully saturated rings. The van der Waals surface area contributed by atoms with Gasteiger partial charge in [0.05, 0.1) is 16.6 Å². The van der Waals surface area contributed by atoms with Crippen LogP contribution in [0, 0.1) is 0 Å². The Balaban J connectivity index is 2.28. The van der Waals surface area contributed by atoms with E-state index in [9.17, 15) is 13.5 Å². The molecule has 1 rings (SSSR count). The third-order valence-electron chi connectivity index (χ3n) is 3.77. The van der Waals surface area contributed by atoms with Gasteiger partial charge in [-0.15, -0.1) is 0 Å². The fraction of sp³-hybridized carbons (Fsp3) is 1.00. The van der Waals surface area contributed by atoms with Gasteiger partial charge in [0.15, 0.2) is 9.84 Å². The molecule has 0 unspecified atom stereocenters. The second-order valence-corrected chi connectivity index (χ2v) is 8.41. The van der Waals surface area contributed by atoms with Gasteiger partial charge in [0, 0.05) is 13.1 Å². The van der Waals surface area contributed by atoms with E-state index in [1.54, 1.807) is 13.8 Å². The average molecular weight is 277 g/mol. The van der Waals surface area contributed by atoms with E-state index in [4.69, 9.17) is 0 Å². The van der Waals surface area contributed by atoms with Gasteiger partial charge in [0.1, 0.15) is 0 Å². The molecule has 0 spiro atoms. The van der Waals surface area contributed by atoms with Gasteiger partial charge in [-0.05, 0) is 26.7 Å². The van der Waals surface area contributed by atoms with Crippen LogP contribution in [-0.2, 0) is 9.84 Å². The molecule has 4 nitrogen and oxygen atoms in total. The number of sulfone groups is 1. The zero-order valence-corrected chi connectivity index (χ0v) is 12.4. The standard InChI is InChI=1S/C13H27NO3S/c1-12(2)18(16,17)10-9-14-11-13(15)7-5-3-4-6-8-13/h12,14-15H,3-11H2,1-2H3. The van der Waals surface area contributed by atoms with E-state index in [1.165, 1.54) is 12.8 Å². The maximum Gasteiger partial charge on any atom is 0.153 e. The number of nitrogens with one attached hydrogen (secondary N) is 1. The van der Waals surface area contributed by atoms with E-state index in [1.807, 2.05) is 0 Å². The minimum atomic E-state index is -2.97. The molecule has 0 aliphatic heterocycles. The SMILES string of the molecule is CC(C)S(=O)(=O)CCNCC1(O)CCCCCC1. The summed E-state index contributed by atoms with van der Waals surface area (Å²) >= 11 is 0. The van der Waals surface area contributed by atoms with Gasteiger partial charge < -0.3 is 10.4 Å². The van der Waals surface area contributed by atoms with Gasteiger partial charge >= 0.3 is 0 Å². The fourth-order valence-corrected chi connectivity index (χ4v) is 3.23. The van der Waals surface area contributed by atoms with Crippen LogP contribution in [0.25, 0.3) is 0 Å². The van der Waals surface area contributed by atoms with E-state index >= 15 is 0 Å². The zero-order valence-electron chi connectivity index (χ0n) is 11.6. The first-order chi connectivity index (χ1) is 8.36. The van der Waals surface area contributed by atoms with E-state index in [2.05, 4.69) is 5.32 Å². The molecule has 5 heteroatoms. The molecule has 2 N–H and O–H groups in total. The quantitative estimate of drug-likeness (QED) is 0.570. The van der Waals surface area contributed by atoms with Crippen LogP contribution >= 0.6 is 0 Å². The summed E-state index contributed by atoms with van der Waals surface area (Å²) in [5.41, 5.74) is -0.627. The lowest BCUT2D eigenvalue weighted by atomic mass is 9.94. The molecule has 18 heavy (non-hydrogen) atoms. The number of rotatable bonds is 6. The molecule has 0 atom stereocenters. The molecule has 0 aromatic carbocycles. The van der Waals surface area contributed by atoms with Crippen molar-refractivity contribution in [3.8, 4) is 0 Å². The zero-order chi connectivity index (χ0) is 13.6. The monoisotopic (exact) mass is 277 g/mol. The molecule has 108 valence electrons. The highest BCUT2D eigenvalue weighted by Gasteiger charge is 2.27. The molecule has 0 heterocycles. The fourth-order valence-electron chi connectivity index (χ4n) is 2.33. The lowest BCUT2D eigenvalue weighted by molar-refractivity contribution is 0.0259. The summed E-state index contributed by atoms with van der Waals surface area (Å²) < 4.78 is 23.2. The molecule has 1 aliphatic rings. The lowest BCUT2D eigenvalue weighted by Crippen LogP contribution is -2.42. The van der Waals surface area contributed by atoms with Crippen LogP contribution in [0.4, 0.5) is 0 Å². The molecule has 0 saturated heterocycles. The first-order valence-electron chi connectivity index (χ1n) is 7.00. The third-order valence-corrected chi connectivity index (χ3v) is 5.98. The van der Waals surface area contributed by atoms with Crippen LogP contribution in [0.15, 0.2) is 0 Å². The average Bonchev–Trinajstić information content (AvgIpc) is 2.50. The van der Waals surface area contributed by atoms with E-state index in [0.29, 0.717) is 13.1 Å². The molecular weight excluding hydrogens is 250 g/mol. The number of aliphatic hydroxyl groups is 1. The minimum Gasteiger partial charge on any atom is -0.389 e. The summed E-state index contributed by atoms with van der Waals surface area (Å²) in [6, 6.07) is 0. The number of hydrogen-bond acceptors (Lipinski definition) is 4. The molecular formula is C13H27NO3S. The minimum absolute atomic E-state index is 0.154. The smallest absolute Gasteiger partial charge is 0.153 e. The predicted molar refractivity (Wildman–Crippen MR) is 74.4 cm³/mol. The molecule has 0 amide bonds. The Morgan fingerprint density at radius 3 is 2.22 bits per heavy atom. The second kappa shape index (κ2) is 6.87. The van der Waals surface area contributed by atoms with Crippen molar-refractivity contribution < 1.29 is 13.5 Å². The Hall–Kier alpha value is -0.130. The first kappa shape index (κ1) is 15.9. The molecule has 0 aromatic heterocycles. The van der Waals surface area contributed by atoms with Gasteiger partial charge in [0.25, 0.3) is 0 Å². The van der Waals surface area contributed by atoms with Gasteiger partial charge in [-0.25, -0.2) is 8.42 Å². The van der Waals surface area contributed by atoms with Crippen molar-refractivity contribution in [1.29, 1.82) is 0 Å². The summed E-state index contributed by atoms with van der Waals surface area (Å²) in [4.78, 5) is 0. The van der Waals surface area contributed by atoms with Crippen molar-refractivity contribution in [2.75, 3.05) is 18.8 Å². The molecule has 1 aliphatic carbocycles. The number of hydrogen-bond donors (Lipinski definition) is 2. The van der Waals surface area contributed by atoms with Gasteiger partial charge in [-0.1, -0.05) is 25.7 Å². The van der Waals surface area contributed by atoms with Crippen molar-refractivity contribution in [3.05, 3.63) is 0 Å². The van der Waals surface area contributed by atoms with Crippen LogP contribution < -0.4 is 5.32 Å². The molecule has 0 aromatic rings. The molecule has 1 saturated carbocycles. The van der Waals surface area contributed by atoms with Crippen LogP contribution in [-0.4, -0.2) is 43.2 Å². The van der Waals surface area contributed by atoms with Crippen molar-refractivity contribution in [2.24, 2.45) is 0 Å². The summed E-state index contributed by atoms with van der Waals surface area (Å²) in [6.45, 7) is 4.35. The van der Waals surface area contributed by atoms with Crippen LogP contribution in [0.3, 0.4) is 0 Å². The summed E-state index contributed by atoms with van der Waals surface area (Å²) in [5.74, 6) is 0.154. The Labute approximate surface area is 111 Å². The Bertz CT molecular complexity index is 330. The largest absolute Gasteiger partial charge is 0.389 e. The van der Waals surface area contributed by atoms with Gasteiger partial charge in [-0.3, -0.25) is 0 Å². The summed E-state index contributed by atoms with van der Waals surface area (Å²) in [7, 11) is -2.97. The normalized spacial score (nSPS) is 20.9. The highest BCUT2D eigenvalue weighted by Crippen LogP contribution is 2.26. The maximum atomic E-state index is 11.6. The Morgan fingerprint density at radius 2 is 1.72 bits per heavy atom. The Kier molecular flexibility index (Phi) is 6.08. The van der Waals surface area contributed by atoms with E-state index < -0.39 is 15.4 Å². The lowest BCUT2D eigenvalue weighted by Gasteiger charge is -2.27. The van der Waals surface area contributed by atoms with E-state index in [-0.39, 0.29) is 11.0 Å². The molecule has 0 radical (unpaired) electrons. The van der Waals surface area contributed by atoms with Gasteiger partial charge in [0.2, 0.25) is 0 Å². The first-order valence-corrected chi connectivity index (χ1v) is 8.72. The highest BCUT2D eigenvalue weighted by molar-refractivity contribution is 7.92. The van der Waals surface area contributed by atoms with Crippen LogP contribution in [0.5, 0.6) is 0 Å². The predicted octanol–water partition coefficient (Wildman–Crippen LogP) is 1.48. The highest BCUT2D eigenvalue weighted by atomic mass is 32.2. The summed E-state index contributed by atoms with van der Waals surface area (Å²) in [6.07, 6.45) is 6.20. The second-order valence-electron chi connectivity index (χ2n) is 5.73. The van der Waals surface area contributed by atoms with Gasteiger partial charge in [-0.2, -0.15) is 0 Å². The van der Waals surface area contributed by atoms with Crippen LogP contribution in [0.2, 0.25) is 0 Å². The molecule has 0 bridgehead atoms. The van der Waals surface area contributed by atoms with Crippen molar-refractivity contribution in [3.63, 3.8) is 0 Å². The van der Waals surface area contributed by atoms with Crippen molar-refractivity contribution in [1.82, 2.24) is 5.32 Å². The topological polar surface area (TPSA) is 66.4 Å².